The molecule has 1 heterocycles. The maximum Gasteiger partial charge on any atom is 0.248 e. The van der Waals surface area contributed by atoms with Crippen LogP contribution in [0, 0.1) is 6.92 Å². The van der Waals surface area contributed by atoms with Crippen molar-refractivity contribution in [3.8, 4) is 11.1 Å². The molecule has 5 rings (SSSR count). The van der Waals surface area contributed by atoms with E-state index in [2.05, 4.69) is 16.7 Å². The van der Waals surface area contributed by atoms with E-state index in [-0.39, 0.29) is 36.4 Å². The Bertz CT molecular complexity index is 1570. The first-order valence-corrected chi connectivity index (χ1v) is 14.8. The Hall–Kier alpha value is -4.02. The Balaban J connectivity index is 1.33. The van der Waals surface area contributed by atoms with E-state index in [1.807, 2.05) is 25.1 Å². The third-order valence-corrected chi connectivity index (χ3v) is 9.48. The topological polar surface area (TPSA) is 139 Å². The number of sulfonamides is 1. The fraction of sp³-hybridized carbons (Fsp3) is 0.300. The molecule has 0 unspecified atom stereocenters. The van der Waals surface area contributed by atoms with Crippen LogP contribution >= 0.6 is 0 Å². The lowest BCUT2D eigenvalue weighted by Gasteiger charge is -2.34. The smallest absolute Gasteiger partial charge is 0.248 e. The molecule has 208 valence electrons. The molecule has 1 aliphatic carbocycles. The lowest BCUT2D eigenvalue weighted by atomic mass is 9.85. The Morgan fingerprint density at radius 3 is 2.55 bits per heavy atom. The molecule has 1 aliphatic heterocycles. The van der Waals surface area contributed by atoms with E-state index in [9.17, 15) is 22.8 Å². The van der Waals surface area contributed by atoms with Crippen LogP contribution in [-0.2, 0) is 26.0 Å². The Labute approximate surface area is 233 Å². The lowest BCUT2D eigenvalue weighted by Crippen LogP contribution is -2.58. The second-order valence-corrected chi connectivity index (χ2v) is 12.2. The number of benzene rings is 3. The molecule has 4 N–H and O–H groups in total. The second kappa shape index (κ2) is 11.2. The number of carbonyl (C=O) groups excluding carboxylic acids is 3. The minimum Gasteiger partial charge on any atom is -0.366 e. The zero-order valence-corrected chi connectivity index (χ0v) is 23.0. The summed E-state index contributed by atoms with van der Waals surface area (Å²) in [6.45, 7) is 2.14. The van der Waals surface area contributed by atoms with Crippen LogP contribution in [0.1, 0.15) is 52.4 Å². The van der Waals surface area contributed by atoms with Crippen LogP contribution in [0.3, 0.4) is 0 Å². The molecule has 1 saturated heterocycles. The molecule has 0 saturated carbocycles. The minimum absolute atomic E-state index is 0.0892. The highest BCUT2D eigenvalue weighted by Crippen LogP contribution is 2.33. The third kappa shape index (κ3) is 5.64. The number of piperazine rings is 1. The molecule has 3 aromatic rings. The van der Waals surface area contributed by atoms with E-state index < -0.39 is 27.9 Å². The van der Waals surface area contributed by atoms with Crippen LogP contribution in [0.5, 0.6) is 0 Å². The van der Waals surface area contributed by atoms with Gasteiger partial charge in [-0.25, -0.2) is 8.42 Å². The number of hydrogen-bond acceptors (Lipinski definition) is 5. The highest BCUT2D eigenvalue weighted by Gasteiger charge is 2.40. The zero-order valence-electron chi connectivity index (χ0n) is 22.2. The van der Waals surface area contributed by atoms with Crippen LogP contribution in [0.4, 0.5) is 0 Å². The number of amides is 3. The van der Waals surface area contributed by atoms with Crippen molar-refractivity contribution in [3.05, 3.63) is 89.0 Å². The van der Waals surface area contributed by atoms with Gasteiger partial charge in [-0.2, -0.15) is 4.31 Å². The fourth-order valence-corrected chi connectivity index (χ4v) is 7.03. The molecule has 2 atom stereocenters. The van der Waals surface area contributed by atoms with E-state index in [0.717, 1.165) is 51.4 Å². The van der Waals surface area contributed by atoms with Gasteiger partial charge in [-0.05, 0) is 72.7 Å². The molecule has 0 spiro atoms. The third-order valence-electron chi connectivity index (χ3n) is 7.56. The largest absolute Gasteiger partial charge is 0.366 e. The Morgan fingerprint density at radius 1 is 1.05 bits per heavy atom. The van der Waals surface area contributed by atoms with Gasteiger partial charge in [0.2, 0.25) is 27.7 Å². The molecule has 9 nitrogen and oxygen atoms in total. The standard InChI is InChI=1S/C30H32N4O5S/c1-19-8-11-24(12-9-19)40(38,39)34-15-14-32-30(37)27(34)18-28(35)33-26-7-3-5-22-16-21(10-13-25(22)26)20-4-2-6-23(17-20)29(31)36/h2,4,6,8-13,16-17,26-27H,3,5,7,14-15,18H2,1H3,(H2,31,36)(H,32,37)(H,33,35)/t26-,27+/m1/s1. The number of nitrogens with one attached hydrogen (secondary N) is 2. The quantitative estimate of drug-likeness (QED) is 0.408. The lowest BCUT2D eigenvalue weighted by molar-refractivity contribution is -0.132. The number of nitrogens with zero attached hydrogens (tertiary/aromatic N) is 1. The van der Waals surface area contributed by atoms with Gasteiger partial charge in [-0.15, -0.1) is 0 Å². The molecule has 0 bridgehead atoms. The number of hydrogen-bond donors (Lipinski definition) is 3. The van der Waals surface area contributed by atoms with Gasteiger partial charge in [0.05, 0.1) is 17.4 Å². The summed E-state index contributed by atoms with van der Waals surface area (Å²) in [6.07, 6.45) is 2.16. The molecule has 1 fully saturated rings. The molecule has 2 aliphatic rings. The number of fused-ring (bicyclic) bond motifs is 1. The van der Waals surface area contributed by atoms with Crippen LogP contribution in [0.25, 0.3) is 11.1 Å². The molecule has 0 radical (unpaired) electrons. The molecule has 0 aromatic heterocycles. The average Bonchev–Trinajstić information content (AvgIpc) is 2.94. The summed E-state index contributed by atoms with van der Waals surface area (Å²) in [5.74, 6) is -1.36. The number of rotatable bonds is 7. The predicted molar refractivity (Wildman–Crippen MR) is 151 cm³/mol. The molecular formula is C30H32N4O5S. The Morgan fingerprint density at radius 2 is 1.80 bits per heavy atom. The molecule has 40 heavy (non-hydrogen) atoms. The van der Waals surface area contributed by atoms with E-state index in [4.69, 9.17) is 5.73 Å². The van der Waals surface area contributed by atoms with Gasteiger partial charge in [0.25, 0.3) is 0 Å². The predicted octanol–water partition coefficient (Wildman–Crippen LogP) is 2.83. The minimum atomic E-state index is -3.96. The van der Waals surface area contributed by atoms with Crippen molar-refractivity contribution in [2.75, 3.05) is 13.1 Å². The van der Waals surface area contributed by atoms with Crippen LogP contribution in [0.2, 0.25) is 0 Å². The normalized spacial score (nSPS) is 19.4. The van der Waals surface area contributed by atoms with E-state index >= 15 is 0 Å². The van der Waals surface area contributed by atoms with Crippen LogP contribution < -0.4 is 16.4 Å². The van der Waals surface area contributed by atoms with Gasteiger partial charge in [0.15, 0.2) is 0 Å². The van der Waals surface area contributed by atoms with Crippen LogP contribution in [0.15, 0.2) is 71.6 Å². The first-order chi connectivity index (χ1) is 19.1. The van der Waals surface area contributed by atoms with Gasteiger partial charge in [0.1, 0.15) is 6.04 Å². The number of nitrogens with two attached hydrogens (primary N) is 1. The first kappa shape index (κ1) is 27.5. The van der Waals surface area contributed by atoms with Crippen molar-refractivity contribution < 1.29 is 22.8 Å². The fourth-order valence-electron chi connectivity index (χ4n) is 5.45. The van der Waals surface area contributed by atoms with E-state index in [1.54, 1.807) is 30.3 Å². The maximum absolute atomic E-state index is 13.4. The molecule has 10 heteroatoms. The average molecular weight is 561 g/mol. The van der Waals surface area contributed by atoms with Crippen molar-refractivity contribution in [1.29, 1.82) is 0 Å². The summed E-state index contributed by atoms with van der Waals surface area (Å²) in [7, 11) is -3.96. The van der Waals surface area contributed by atoms with Crippen molar-refractivity contribution in [3.63, 3.8) is 0 Å². The summed E-state index contributed by atoms with van der Waals surface area (Å²) in [5, 5.41) is 5.74. The first-order valence-electron chi connectivity index (χ1n) is 13.3. The van der Waals surface area contributed by atoms with Gasteiger partial charge in [-0.3, -0.25) is 14.4 Å². The highest BCUT2D eigenvalue weighted by molar-refractivity contribution is 7.89. The van der Waals surface area contributed by atoms with Crippen molar-refractivity contribution >= 4 is 27.7 Å². The van der Waals surface area contributed by atoms with E-state index in [1.165, 1.54) is 12.1 Å². The van der Waals surface area contributed by atoms with E-state index in [0.29, 0.717) is 5.56 Å². The van der Waals surface area contributed by atoms with Gasteiger partial charge in [0, 0.05) is 18.7 Å². The molecular weight excluding hydrogens is 528 g/mol. The van der Waals surface area contributed by atoms with Gasteiger partial charge < -0.3 is 16.4 Å². The van der Waals surface area contributed by atoms with Crippen LogP contribution in [-0.4, -0.2) is 49.6 Å². The molecule has 3 aromatic carbocycles. The van der Waals surface area contributed by atoms with Gasteiger partial charge >= 0.3 is 0 Å². The summed E-state index contributed by atoms with van der Waals surface area (Å²) in [4.78, 5) is 37.7. The second-order valence-electron chi connectivity index (χ2n) is 10.3. The van der Waals surface area contributed by atoms with Crippen molar-refractivity contribution in [2.24, 2.45) is 5.73 Å². The zero-order chi connectivity index (χ0) is 28.4. The maximum atomic E-state index is 13.4. The number of carbonyl (C=O) groups is 3. The summed E-state index contributed by atoms with van der Waals surface area (Å²) < 4.78 is 27.9. The SMILES string of the molecule is Cc1ccc(S(=O)(=O)N2CCNC(=O)[C@@H]2CC(=O)N[C@@H]2CCCc3cc(-c4cccc(C(N)=O)c4)ccc32)cc1. The highest BCUT2D eigenvalue weighted by atomic mass is 32.2. The molecule has 3 amide bonds. The Kier molecular flexibility index (Phi) is 7.73. The monoisotopic (exact) mass is 560 g/mol. The van der Waals surface area contributed by atoms with Gasteiger partial charge in [-0.1, -0.05) is 48.0 Å². The number of aryl methyl sites for hydroxylation is 2. The number of primary amides is 1. The van der Waals surface area contributed by atoms with Crippen molar-refractivity contribution in [1.82, 2.24) is 14.9 Å². The summed E-state index contributed by atoms with van der Waals surface area (Å²) in [5.41, 5.74) is 10.7. The van der Waals surface area contributed by atoms with Crippen molar-refractivity contribution in [2.45, 2.75) is 49.6 Å². The summed E-state index contributed by atoms with van der Waals surface area (Å²) >= 11 is 0. The summed E-state index contributed by atoms with van der Waals surface area (Å²) in [6, 6.07) is 18.2.